The average molecular weight is 330 g/mol. The number of aliphatic hydroxyl groups is 1. The molecule has 0 bridgehead atoms. The minimum atomic E-state index is -0.720. The molecule has 0 spiro atoms. The molecule has 0 saturated carbocycles. The number of phenolic OH excluding ortho intramolecular Hbond substituents is 1. The first-order chi connectivity index (χ1) is 11.6. The van der Waals surface area contributed by atoms with Crippen LogP contribution in [0.1, 0.15) is 22.7 Å². The Morgan fingerprint density at radius 1 is 1.29 bits per heavy atom. The van der Waals surface area contributed by atoms with E-state index in [1.165, 1.54) is 12.1 Å². The topological polar surface area (TPSA) is 72.8 Å². The standard InChI is InChI=1S/C18H19FN2O3/c19-15-9-12(5-6-17(15)23)10-20-18(24)21-8-7-13-3-1-2-4-14(13)16(21)11-22/h1-6,9,16,22-23H,7-8,10-11H2,(H,20,24). The van der Waals surface area contributed by atoms with Crippen LogP contribution >= 0.6 is 0 Å². The van der Waals surface area contributed by atoms with Crippen molar-refractivity contribution in [2.24, 2.45) is 0 Å². The number of hydrogen-bond acceptors (Lipinski definition) is 3. The Morgan fingerprint density at radius 3 is 2.83 bits per heavy atom. The highest BCUT2D eigenvalue weighted by atomic mass is 19.1. The number of fused-ring (bicyclic) bond motifs is 1. The molecule has 1 atom stereocenters. The molecule has 5 nitrogen and oxygen atoms in total. The molecule has 2 aromatic carbocycles. The molecule has 2 amide bonds. The third-order valence-electron chi connectivity index (χ3n) is 4.30. The van der Waals surface area contributed by atoms with E-state index in [9.17, 15) is 19.4 Å². The van der Waals surface area contributed by atoms with Crippen molar-refractivity contribution in [3.63, 3.8) is 0 Å². The van der Waals surface area contributed by atoms with E-state index in [1.807, 2.05) is 24.3 Å². The largest absolute Gasteiger partial charge is 0.505 e. The molecule has 1 unspecified atom stereocenters. The summed E-state index contributed by atoms with van der Waals surface area (Å²) in [4.78, 5) is 14.1. The molecule has 1 aliphatic rings. The number of rotatable bonds is 3. The van der Waals surface area contributed by atoms with Crippen molar-refractivity contribution in [2.45, 2.75) is 19.0 Å². The number of urea groups is 1. The maximum absolute atomic E-state index is 13.3. The first-order valence-corrected chi connectivity index (χ1v) is 7.80. The molecular formula is C18H19FN2O3. The molecule has 0 radical (unpaired) electrons. The number of halogens is 1. The predicted octanol–water partition coefficient (Wildman–Crippen LogP) is 2.33. The van der Waals surface area contributed by atoms with E-state index in [2.05, 4.69) is 5.32 Å². The third-order valence-corrected chi connectivity index (χ3v) is 4.30. The van der Waals surface area contributed by atoms with Gasteiger partial charge in [-0.3, -0.25) is 0 Å². The van der Waals surface area contributed by atoms with Gasteiger partial charge in [0, 0.05) is 13.1 Å². The Morgan fingerprint density at radius 2 is 2.08 bits per heavy atom. The number of benzene rings is 2. The Bertz CT molecular complexity index is 751. The summed E-state index contributed by atoms with van der Waals surface area (Å²) in [5.41, 5.74) is 2.65. The van der Waals surface area contributed by atoms with Gasteiger partial charge in [0.2, 0.25) is 0 Å². The summed E-state index contributed by atoms with van der Waals surface area (Å²) in [5.74, 6) is -1.14. The average Bonchev–Trinajstić information content (AvgIpc) is 2.61. The number of carbonyl (C=O) groups excluding carboxylic acids is 1. The molecule has 0 saturated heterocycles. The molecule has 0 aromatic heterocycles. The summed E-state index contributed by atoms with van der Waals surface area (Å²) >= 11 is 0. The molecular weight excluding hydrogens is 311 g/mol. The highest BCUT2D eigenvalue weighted by Crippen LogP contribution is 2.29. The Labute approximate surface area is 139 Å². The molecule has 24 heavy (non-hydrogen) atoms. The highest BCUT2D eigenvalue weighted by molar-refractivity contribution is 5.75. The van der Waals surface area contributed by atoms with Crippen molar-refractivity contribution in [3.8, 4) is 5.75 Å². The second-order valence-electron chi connectivity index (χ2n) is 5.79. The van der Waals surface area contributed by atoms with Crippen LogP contribution in [0.2, 0.25) is 0 Å². The van der Waals surface area contributed by atoms with Gasteiger partial charge in [0.25, 0.3) is 0 Å². The smallest absolute Gasteiger partial charge is 0.318 e. The van der Waals surface area contributed by atoms with Gasteiger partial charge in [0.1, 0.15) is 0 Å². The molecule has 0 fully saturated rings. The van der Waals surface area contributed by atoms with Crippen LogP contribution in [0.25, 0.3) is 0 Å². The predicted molar refractivity (Wildman–Crippen MR) is 87.0 cm³/mol. The zero-order chi connectivity index (χ0) is 17.1. The zero-order valence-corrected chi connectivity index (χ0v) is 13.1. The van der Waals surface area contributed by atoms with Crippen LogP contribution in [-0.4, -0.2) is 34.3 Å². The van der Waals surface area contributed by atoms with Gasteiger partial charge in [-0.15, -0.1) is 0 Å². The lowest BCUT2D eigenvalue weighted by Crippen LogP contribution is -2.46. The van der Waals surface area contributed by atoms with Crippen LogP contribution in [0, 0.1) is 5.82 Å². The Balaban J connectivity index is 1.69. The summed E-state index contributed by atoms with van der Waals surface area (Å²) < 4.78 is 13.3. The maximum Gasteiger partial charge on any atom is 0.318 e. The van der Waals surface area contributed by atoms with Crippen molar-refractivity contribution < 1.29 is 19.4 Å². The molecule has 2 aromatic rings. The Hall–Kier alpha value is -2.60. The maximum atomic E-state index is 13.3. The lowest BCUT2D eigenvalue weighted by Gasteiger charge is -2.36. The van der Waals surface area contributed by atoms with Crippen LogP contribution in [0.15, 0.2) is 42.5 Å². The van der Waals surface area contributed by atoms with Gasteiger partial charge in [-0.05, 0) is 35.2 Å². The Kier molecular flexibility index (Phi) is 4.66. The zero-order valence-electron chi connectivity index (χ0n) is 13.1. The van der Waals surface area contributed by atoms with Gasteiger partial charge in [0.05, 0.1) is 12.6 Å². The van der Waals surface area contributed by atoms with Gasteiger partial charge >= 0.3 is 6.03 Å². The second kappa shape index (κ2) is 6.88. The number of hydrogen-bond donors (Lipinski definition) is 3. The van der Waals surface area contributed by atoms with E-state index in [0.717, 1.165) is 17.5 Å². The monoisotopic (exact) mass is 330 g/mol. The first-order valence-electron chi connectivity index (χ1n) is 7.80. The first kappa shape index (κ1) is 16.3. The van der Waals surface area contributed by atoms with Crippen LogP contribution in [-0.2, 0) is 13.0 Å². The summed E-state index contributed by atoms with van der Waals surface area (Å²) in [6, 6.07) is 11.1. The van der Waals surface area contributed by atoms with Crippen molar-refractivity contribution in [1.29, 1.82) is 0 Å². The number of aromatic hydroxyl groups is 1. The van der Waals surface area contributed by atoms with Crippen LogP contribution in [0.3, 0.4) is 0 Å². The lowest BCUT2D eigenvalue weighted by atomic mass is 9.93. The quantitative estimate of drug-likeness (QED) is 0.809. The summed E-state index contributed by atoms with van der Waals surface area (Å²) in [5, 5.41) is 21.6. The highest BCUT2D eigenvalue weighted by Gasteiger charge is 2.29. The molecule has 3 N–H and O–H groups in total. The third kappa shape index (κ3) is 3.19. The van der Waals surface area contributed by atoms with Crippen LogP contribution in [0.4, 0.5) is 9.18 Å². The van der Waals surface area contributed by atoms with Gasteiger partial charge in [0.15, 0.2) is 11.6 Å². The fourth-order valence-electron chi connectivity index (χ4n) is 3.03. The van der Waals surface area contributed by atoms with Gasteiger partial charge in [-0.1, -0.05) is 30.3 Å². The van der Waals surface area contributed by atoms with Crippen molar-refractivity contribution in [3.05, 3.63) is 65.0 Å². The summed E-state index contributed by atoms with van der Waals surface area (Å²) in [7, 11) is 0. The van der Waals surface area contributed by atoms with E-state index in [-0.39, 0.29) is 25.2 Å². The molecule has 1 aliphatic heterocycles. The van der Waals surface area contributed by atoms with E-state index >= 15 is 0 Å². The number of amides is 2. The lowest BCUT2D eigenvalue weighted by molar-refractivity contribution is 0.126. The van der Waals surface area contributed by atoms with Crippen molar-refractivity contribution in [2.75, 3.05) is 13.2 Å². The number of aliphatic hydroxyl groups excluding tert-OH is 1. The molecule has 126 valence electrons. The molecule has 1 heterocycles. The van der Waals surface area contributed by atoms with Crippen LogP contribution < -0.4 is 5.32 Å². The van der Waals surface area contributed by atoms with Crippen molar-refractivity contribution >= 4 is 6.03 Å². The van der Waals surface area contributed by atoms with E-state index in [0.29, 0.717) is 12.1 Å². The normalized spacial score (nSPS) is 16.6. The number of carbonyl (C=O) groups is 1. The fourth-order valence-corrected chi connectivity index (χ4v) is 3.03. The van der Waals surface area contributed by atoms with Crippen LogP contribution in [0.5, 0.6) is 5.75 Å². The minimum absolute atomic E-state index is 0.145. The van der Waals surface area contributed by atoms with E-state index < -0.39 is 11.6 Å². The van der Waals surface area contributed by atoms with Gasteiger partial charge in [-0.2, -0.15) is 0 Å². The fraction of sp³-hybridized carbons (Fsp3) is 0.278. The van der Waals surface area contributed by atoms with Gasteiger partial charge < -0.3 is 20.4 Å². The van der Waals surface area contributed by atoms with E-state index in [1.54, 1.807) is 11.0 Å². The molecule has 0 aliphatic carbocycles. The molecule has 6 heteroatoms. The van der Waals surface area contributed by atoms with Crippen molar-refractivity contribution in [1.82, 2.24) is 10.2 Å². The van der Waals surface area contributed by atoms with Gasteiger partial charge in [-0.25, -0.2) is 9.18 Å². The SMILES string of the molecule is O=C(NCc1ccc(O)c(F)c1)N1CCc2ccccc2C1CO. The summed E-state index contributed by atoms with van der Waals surface area (Å²) in [6.07, 6.45) is 0.730. The number of nitrogens with one attached hydrogen (secondary N) is 1. The summed E-state index contributed by atoms with van der Waals surface area (Å²) in [6.45, 7) is 0.503. The number of phenols is 1. The van der Waals surface area contributed by atoms with E-state index in [4.69, 9.17) is 0 Å². The number of nitrogens with zero attached hydrogens (tertiary/aromatic N) is 1. The minimum Gasteiger partial charge on any atom is -0.505 e. The second-order valence-corrected chi connectivity index (χ2v) is 5.79. The molecule has 3 rings (SSSR count).